The van der Waals surface area contributed by atoms with E-state index in [1.54, 1.807) is 12.3 Å². The molecule has 1 fully saturated rings. The van der Waals surface area contributed by atoms with E-state index in [0.717, 1.165) is 34.6 Å². The van der Waals surface area contributed by atoms with Crippen LogP contribution in [0, 0.1) is 12.7 Å². The molecular weight excluding hydrogens is 373 g/mol. The number of thiophene rings is 1. The maximum Gasteiger partial charge on any atom is 0.264 e. The molecule has 26 heavy (non-hydrogen) atoms. The topological polar surface area (TPSA) is 36.4 Å². The van der Waals surface area contributed by atoms with Crippen LogP contribution >= 0.6 is 22.9 Å². The van der Waals surface area contributed by atoms with E-state index in [1.165, 1.54) is 23.5 Å². The third-order valence-corrected chi connectivity index (χ3v) is 6.18. The van der Waals surface area contributed by atoms with Gasteiger partial charge in [-0.3, -0.25) is 4.79 Å². The van der Waals surface area contributed by atoms with Crippen LogP contribution in [-0.4, -0.2) is 42.0 Å². The fourth-order valence-corrected chi connectivity index (χ4v) is 4.50. The summed E-state index contributed by atoms with van der Waals surface area (Å²) in [5.74, 6) is 0.615. The Morgan fingerprint density at radius 1 is 1.19 bits per heavy atom. The van der Waals surface area contributed by atoms with Gasteiger partial charge >= 0.3 is 0 Å². The van der Waals surface area contributed by atoms with Gasteiger partial charge in [0.15, 0.2) is 0 Å². The summed E-state index contributed by atoms with van der Waals surface area (Å²) in [6.45, 7) is 4.59. The summed E-state index contributed by atoms with van der Waals surface area (Å²) >= 11 is 7.32. The number of amides is 1. The molecular formula is C19H17ClFN3OS. The number of nitrogens with zero attached hydrogens (tertiary/aromatic N) is 3. The van der Waals surface area contributed by atoms with E-state index < -0.39 is 0 Å². The highest BCUT2D eigenvalue weighted by molar-refractivity contribution is 7.21. The summed E-state index contributed by atoms with van der Waals surface area (Å²) in [4.78, 5) is 22.0. The Balaban J connectivity index is 1.50. The lowest BCUT2D eigenvalue weighted by Gasteiger charge is -2.35. The number of anilines is 1. The number of hydrogen-bond acceptors (Lipinski definition) is 4. The number of fused-ring (bicyclic) bond motifs is 1. The Morgan fingerprint density at radius 2 is 1.96 bits per heavy atom. The maximum absolute atomic E-state index is 13.5. The molecule has 3 heterocycles. The van der Waals surface area contributed by atoms with Crippen molar-refractivity contribution in [1.29, 1.82) is 0 Å². The molecule has 3 aromatic rings. The lowest BCUT2D eigenvalue weighted by Crippen LogP contribution is -2.49. The number of pyridine rings is 1. The Bertz CT molecular complexity index is 965. The minimum atomic E-state index is -0.276. The Kier molecular flexibility index (Phi) is 4.54. The van der Waals surface area contributed by atoms with Crippen molar-refractivity contribution < 1.29 is 9.18 Å². The van der Waals surface area contributed by atoms with Gasteiger partial charge in [0.1, 0.15) is 11.6 Å². The van der Waals surface area contributed by atoms with Crippen molar-refractivity contribution in [1.82, 2.24) is 9.88 Å². The average molecular weight is 390 g/mol. The van der Waals surface area contributed by atoms with Gasteiger partial charge in [-0.05, 0) is 48.2 Å². The van der Waals surface area contributed by atoms with Crippen molar-refractivity contribution in [2.45, 2.75) is 6.92 Å². The molecule has 2 aromatic heterocycles. The summed E-state index contributed by atoms with van der Waals surface area (Å²) in [7, 11) is 0. The monoisotopic (exact) mass is 389 g/mol. The zero-order valence-electron chi connectivity index (χ0n) is 14.2. The Hall–Kier alpha value is -2.18. The quantitative estimate of drug-likeness (QED) is 0.653. The van der Waals surface area contributed by atoms with Crippen molar-refractivity contribution in [3.05, 3.63) is 57.8 Å². The van der Waals surface area contributed by atoms with Gasteiger partial charge in [0, 0.05) is 37.1 Å². The van der Waals surface area contributed by atoms with Gasteiger partial charge in [-0.15, -0.1) is 11.3 Å². The first-order valence-corrected chi connectivity index (χ1v) is 9.57. The first kappa shape index (κ1) is 17.2. The molecule has 0 saturated carbocycles. The van der Waals surface area contributed by atoms with Gasteiger partial charge in [-0.1, -0.05) is 11.6 Å². The summed E-state index contributed by atoms with van der Waals surface area (Å²) in [5.41, 5.74) is 0.858. The van der Waals surface area contributed by atoms with Crippen LogP contribution in [0.1, 0.15) is 15.2 Å². The van der Waals surface area contributed by atoms with Crippen LogP contribution in [0.4, 0.5) is 10.2 Å². The molecule has 134 valence electrons. The van der Waals surface area contributed by atoms with Crippen molar-refractivity contribution >= 4 is 44.7 Å². The number of aromatic nitrogens is 1. The third-order valence-electron chi connectivity index (χ3n) is 4.70. The van der Waals surface area contributed by atoms with Crippen molar-refractivity contribution in [2.75, 3.05) is 31.1 Å². The molecule has 0 atom stereocenters. The van der Waals surface area contributed by atoms with Crippen molar-refractivity contribution in [3.8, 4) is 0 Å². The average Bonchev–Trinajstić information content (AvgIpc) is 2.98. The fraction of sp³-hybridized carbons (Fsp3) is 0.263. The van der Waals surface area contributed by atoms with Gasteiger partial charge in [-0.2, -0.15) is 0 Å². The second-order valence-electron chi connectivity index (χ2n) is 6.31. The number of rotatable bonds is 2. The molecule has 0 bridgehead atoms. The maximum atomic E-state index is 13.5. The molecule has 1 saturated heterocycles. The van der Waals surface area contributed by atoms with Crippen LogP contribution in [-0.2, 0) is 0 Å². The number of piperazine rings is 1. The van der Waals surface area contributed by atoms with Crippen molar-refractivity contribution in [2.24, 2.45) is 0 Å². The van der Waals surface area contributed by atoms with Gasteiger partial charge in [0.25, 0.3) is 5.91 Å². The Labute approximate surface area is 159 Å². The van der Waals surface area contributed by atoms with Crippen LogP contribution in [0.2, 0.25) is 5.02 Å². The van der Waals surface area contributed by atoms with Gasteiger partial charge < -0.3 is 9.80 Å². The normalized spacial score (nSPS) is 14.9. The predicted molar refractivity (Wildman–Crippen MR) is 104 cm³/mol. The third kappa shape index (κ3) is 3.15. The second kappa shape index (κ2) is 6.85. The minimum Gasteiger partial charge on any atom is -0.353 e. The smallest absolute Gasteiger partial charge is 0.264 e. The summed E-state index contributed by atoms with van der Waals surface area (Å²) in [5, 5.41) is 1.43. The summed E-state index contributed by atoms with van der Waals surface area (Å²) < 4.78 is 14.4. The van der Waals surface area contributed by atoms with E-state index in [2.05, 4.69) is 9.88 Å². The molecule has 1 aliphatic rings. The number of carbonyl (C=O) groups excluding carboxylic acids is 1. The molecule has 1 aliphatic heterocycles. The van der Waals surface area contributed by atoms with Crippen LogP contribution in [0.5, 0.6) is 0 Å². The first-order valence-electron chi connectivity index (χ1n) is 8.37. The predicted octanol–water partition coefficient (Wildman–Crippen LogP) is 4.36. The van der Waals surface area contributed by atoms with E-state index in [1.807, 2.05) is 24.0 Å². The zero-order valence-corrected chi connectivity index (χ0v) is 15.8. The molecule has 7 heteroatoms. The zero-order chi connectivity index (χ0) is 18.3. The van der Waals surface area contributed by atoms with Gasteiger partial charge in [-0.25, -0.2) is 9.37 Å². The minimum absolute atomic E-state index is 0.0211. The molecule has 0 aliphatic carbocycles. The second-order valence-corrected chi connectivity index (χ2v) is 7.80. The lowest BCUT2D eigenvalue weighted by atomic mass is 10.1. The highest BCUT2D eigenvalue weighted by Gasteiger charge is 2.25. The van der Waals surface area contributed by atoms with E-state index in [4.69, 9.17) is 11.6 Å². The van der Waals surface area contributed by atoms with E-state index in [-0.39, 0.29) is 11.7 Å². The number of benzene rings is 1. The largest absolute Gasteiger partial charge is 0.353 e. The van der Waals surface area contributed by atoms with E-state index >= 15 is 0 Å². The standard InChI is InChI=1S/C19H17ClFN3OS/c1-12-15-10-14(21)3-4-16(15)26-18(12)19(25)24-8-6-23(7-9-24)17-5-2-13(20)11-22-17/h2-5,10-11H,6-9H2,1H3. The van der Waals surface area contributed by atoms with Crippen molar-refractivity contribution in [3.63, 3.8) is 0 Å². The first-order chi connectivity index (χ1) is 12.5. The molecule has 0 unspecified atom stereocenters. The summed E-state index contributed by atoms with van der Waals surface area (Å²) in [6, 6.07) is 8.39. The molecule has 4 rings (SSSR count). The lowest BCUT2D eigenvalue weighted by molar-refractivity contribution is 0.0751. The highest BCUT2D eigenvalue weighted by Crippen LogP contribution is 2.32. The summed E-state index contributed by atoms with van der Waals surface area (Å²) in [6.07, 6.45) is 1.63. The Morgan fingerprint density at radius 3 is 2.65 bits per heavy atom. The van der Waals surface area contributed by atoms with Crippen LogP contribution in [0.25, 0.3) is 10.1 Å². The van der Waals surface area contributed by atoms with Crippen LogP contribution in [0.15, 0.2) is 36.5 Å². The van der Waals surface area contributed by atoms with E-state index in [9.17, 15) is 9.18 Å². The molecule has 0 radical (unpaired) electrons. The van der Waals surface area contributed by atoms with Crippen LogP contribution < -0.4 is 4.90 Å². The van der Waals surface area contributed by atoms with E-state index in [0.29, 0.717) is 23.0 Å². The van der Waals surface area contributed by atoms with Gasteiger partial charge in [0.05, 0.1) is 9.90 Å². The number of aryl methyl sites for hydroxylation is 1. The molecule has 4 nitrogen and oxygen atoms in total. The molecule has 0 N–H and O–H groups in total. The molecule has 0 spiro atoms. The number of carbonyl (C=O) groups is 1. The van der Waals surface area contributed by atoms with Crippen LogP contribution in [0.3, 0.4) is 0 Å². The SMILES string of the molecule is Cc1c(C(=O)N2CCN(c3ccc(Cl)cn3)CC2)sc2ccc(F)cc12. The molecule has 1 aromatic carbocycles. The fourth-order valence-electron chi connectivity index (χ4n) is 3.23. The number of halogens is 2. The number of hydrogen-bond donors (Lipinski definition) is 0. The molecule has 1 amide bonds. The highest BCUT2D eigenvalue weighted by atomic mass is 35.5. The van der Waals surface area contributed by atoms with Gasteiger partial charge in [0.2, 0.25) is 0 Å².